The maximum absolute atomic E-state index is 12.0. The molecule has 1 aliphatic rings. The molecule has 1 saturated carbocycles. The number of allylic oxidation sites excluding steroid dienone is 1. The van der Waals surface area contributed by atoms with Crippen molar-refractivity contribution in [2.45, 2.75) is 32.7 Å². The van der Waals surface area contributed by atoms with Crippen molar-refractivity contribution in [1.29, 1.82) is 0 Å². The maximum atomic E-state index is 12.0. The molecule has 0 aliphatic heterocycles. The summed E-state index contributed by atoms with van der Waals surface area (Å²) in [6, 6.07) is 0. The van der Waals surface area contributed by atoms with Crippen molar-refractivity contribution in [2.75, 3.05) is 11.9 Å². The smallest absolute Gasteiger partial charge is 0.283 e. The van der Waals surface area contributed by atoms with E-state index in [0.29, 0.717) is 16.9 Å². The van der Waals surface area contributed by atoms with E-state index in [2.05, 4.69) is 39.8 Å². The Morgan fingerprint density at radius 3 is 3.05 bits per heavy atom. The Morgan fingerprint density at radius 2 is 2.42 bits per heavy atom. The Hall–Kier alpha value is -1.10. The highest BCUT2D eigenvalue weighted by Gasteiger charge is 2.21. The van der Waals surface area contributed by atoms with Crippen molar-refractivity contribution in [2.24, 2.45) is 11.8 Å². The Labute approximate surface area is 122 Å². The van der Waals surface area contributed by atoms with Crippen LogP contribution in [-0.2, 0) is 6.54 Å². The van der Waals surface area contributed by atoms with Gasteiger partial charge >= 0.3 is 0 Å². The SMILES string of the molecule is C=CCn1ncc(NCC2CCC(C)C2)c(Br)c1=O. The largest absolute Gasteiger partial charge is 0.382 e. The summed E-state index contributed by atoms with van der Waals surface area (Å²) in [4.78, 5) is 12.0. The molecule has 1 N–H and O–H groups in total. The minimum atomic E-state index is -0.121. The zero-order valence-electron chi connectivity index (χ0n) is 11.2. The van der Waals surface area contributed by atoms with Gasteiger partial charge in [0.15, 0.2) is 0 Å². The van der Waals surface area contributed by atoms with Crippen molar-refractivity contribution in [3.05, 3.63) is 33.7 Å². The fourth-order valence-electron chi connectivity index (χ4n) is 2.61. The molecule has 1 fully saturated rings. The van der Waals surface area contributed by atoms with Crippen LogP contribution in [0.1, 0.15) is 26.2 Å². The highest BCUT2D eigenvalue weighted by atomic mass is 79.9. The molecule has 0 saturated heterocycles. The Kier molecular flexibility index (Phi) is 4.80. The topological polar surface area (TPSA) is 46.9 Å². The van der Waals surface area contributed by atoms with E-state index in [1.54, 1.807) is 12.3 Å². The molecular weight excluding hydrogens is 306 g/mol. The standard InChI is InChI=1S/C14H20BrN3O/c1-3-6-18-14(19)13(15)12(9-17-18)16-8-11-5-4-10(2)7-11/h3,9-11,16H,1,4-8H2,2H3. The van der Waals surface area contributed by atoms with Crippen LogP contribution in [0.4, 0.5) is 5.69 Å². The molecule has 5 heteroatoms. The summed E-state index contributed by atoms with van der Waals surface area (Å²) < 4.78 is 1.94. The molecule has 4 nitrogen and oxygen atoms in total. The zero-order chi connectivity index (χ0) is 13.8. The third-order valence-electron chi connectivity index (χ3n) is 3.67. The average molecular weight is 326 g/mol. The third kappa shape index (κ3) is 3.47. The molecule has 0 bridgehead atoms. The molecule has 0 amide bonds. The number of hydrogen-bond acceptors (Lipinski definition) is 3. The third-order valence-corrected chi connectivity index (χ3v) is 4.44. The maximum Gasteiger partial charge on any atom is 0.283 e. The summed E-state index contributed by atoms with van der Waals surface area (Å²) in [6.45, 7) is 7.25. The van der Waals surface area contributed by atoms with E-state index in [1.165, 1.54) is 23.9 Å². The number of rotatable bonds is 5. The number of hydrogen-bond donors (Lipinski definition) is 1. The Balaban J connectivity index is 2.03. The molecule has 1 aliphatic carbocycles. The number of nitrogens with zero attached hydrogens (tertiary/aromatic N) is 2. The number of aromatic nitrogens is 2. The van der Waals surface area contributed by atoms with Crippen LogP contribution in [0.25, 0.3) is 0 Å². The van der Waals surface area contributed by atoms with Gasteiger partial charge in [-0.25, -0.2) is 4.68 Å². The summed E-state index contributed by atoms with van der Waals surface area (Å²) in [5, 5.41) is 7.47. The first kappa shape index (κ1) is 14.3. The molecule has 1 aromatic heterocycles. The van der Waals surface area contributed by atoms with Gasteiger partial charge in [-0.1, -0.05) is 19.4 Å². The fourth-order valence-corrected chi connectivity index (χ4v) is 3.05. The van der Waals surface area contributed by atoms with Crippen LogP contribution in [0.2, 0.25) is 0 Å². The molecule has 1 aromatic rings. The highest BCUT2D eigenvalue weighted by Crippen LogP contribution is 2.30. The summed E-state index contributed by atoms with van der Waals surface area (Å²) in [5.74, 6) is 1.53. The normalized spacial score (nSPS) is 22.4. The van der Waals surface area contributed by atoms with Gasteiger partial charge in [-0.2, -0.15) is 5.10 Å². The second-order valence-electron chi connectivity index (χ2n) is 5.31. The van der Waals surface area contributed by atoms with Crippen LogP contribution < -0.4 is 10.9 Å². The highest BCUT2D eigenvalue weighted by molar-refractivity contribution is 9.10. The van der Waals surface area contributed by atoms with Gasteiger partial charge in [0.1, 0.15) is 4.47 Å². The lowest BCUT2D eigenvalue weighted by Gasteiger charge is -2.13. The lowest BCUT2D eigenvalue weighted by Crippen LogP contribution is -2.24. The molecule has 2 unspecified atom stereocenters. The first-order chi connectivity index (χ1) is 9.11. The quantitative estimate of drug-likeness (QED) is 0.846. The minimum absolute atomic E-state index is 0.121. The Bertz CT molecular complexity index is 512. The van der Waals surface area contributed by atoms with Gasteiger partial charge in [-0.15, -0.1) is 6.58 Å². The molecular formula is C14H20BrN3O. The Morgan fingerprint density at radius 1 is 1.63 bits per heavy atom. The van der Waals surface area contributed by atoms with E-state index in [0.717, 1.165) is 18.2 Å². The molecule has 2 rings (SSSR count). The molecule has 2 atom stereocenters. The van der Waals surface area contributed by atoms with Crippen molar-refractivity contribution in [1.82, 2.24) is 9.78 Å². The van der Waals surface area contributed by atoms with Gasteiger partial charge in [0.2, 0.25) is 0 Å². The van der Waals surface area contributed by atoms with Gasteiger partial charge in [0, 0.05) is 6.54 Å². The van der Waals surface area contributed by atoms with Crippen LogP contribution >= 0.6 is 15.9 Å². The lowest BCUT2D eigenvalue weighted by atomic mass is 10.1. The van der Waals surface area contributed by atoms with Crippen LogP contribution in [0.15, 0.2) is 28.1 Å². The molecule has 19 heavy (non-hydrogen) atoms. The molecule has 0 radical (unpaired) electrons. The monoisotopic (exact) mass is 325 g/mol. The fraction of sp³-hybridized carbons (Fsp3) is 0.571. The average Bonchev–Trinajstić information content (AvgIpc) is 2.80. The van der Waals surface area contributed by atoms with Crippen LogP contribution in [0.5, 0.6) is 0 Å². The van der Waals surface area contributed by atoms with Gasteiger partial charge < -0.3 is 5.32 Å². The van der Waals surface area contributed by atoms with Crippen molar-refractivity contribution >= 4 is 21.6 Å². The van der Waals surface area contributed by atoms with E-state index >= 15 is 0 Å². The van der Waals surface area contributed by atoms with E-state index in [4.69, 9.17) is 0 Å². The predicted molar refractivity (Wildman–Crippen MR) is 81.4 cm³/mol. The summed E-state index contributed by atoms with van der Waals surface area (Å²) in [5.41, 5.74) is 0.662. The summed E-state index contributed by atoms with van der Waals surface area (Å²) in [6.07, 6.45) is 7.21. The van der Waals surface area contributed by atoms with Gasteiger partial charge in [0.05, 0.1) is 18.4 Å². The first-order valence-corrected chi connectivity index (χ1v) is 7.51. The molecule has 104 valence electrons. The second kappa shape index (κ2) is 6.37. The molecule has 0 spiro atoms. The van der Waals surface area contributed by atoms with E-state index in [9.17, 15) is 4.79 Å². The lowest BCUT2D eigenvalue weighted by molar-refractivity contribution is 0.536. The predicted octanol–water partition coefficient (Wildman–Crippen LogP) is 3.04. The minimum Gasteiger partial charge on any atom is -0.382 e. The van der Waals surface area contributed by atoms with Gasteiger partial charge in [0.25, 0.3) is 5.56 Å². The zero-order valence-corrected chi connectivity index (χ0v) is 12.8. The summed E-state index contributed by atoms with van der Waals surface area (Å²) >= 11 is 3.35. The summed E-state index contributed by atoms with van der Waals surface area (Å²) in [7, 11) is 0. The van der Waals surface area contributed by atoms with Crippen LogP contribution in [0, 0.1) is 11.8 Å². The number of nitrogens with one attached hydrogen (secondary N) is 1. The first-order valence-electron chi connectivity index (χ1n) is 6.72. The van der Waals surface area contributed by atoms with Gasteiger partial charge in [-0.05, 0) is 40.6 Å². The van der Waals surface area contributed by atoms with E-state index in [1.807, 2.05) is 0 Å². The van der Waals surface area contributed by atoms with E-state index < -0.39 is 0 Å². The number of halogens is 1. The van der Waals surface area contributed by atoms with Gasteiger partial charge in [-0.3, -0.25) is 4.79 Å². The second-order valence-corrected chi connectivity index (χ2v) is 6.11. The van der Waals surface area contributed by atoms with Crippen molar-refractivity contribution in [3.8, 4) is 0 Å². The van der Waals surface area contributed by atoms with Crippen LogP contribution in [0.3, 0.4) is 0 Å². The van der Waals surface area contributed by atoms with Crippen molar-refractivity contribution < 1.29 is 0 Å². The molecule has 0 aromatic carbocycles. The van der Waals surface area contributed by atoms with E-state index in [-0.39, 0.29) is 5.56 Å². The number of anilines is 1. The van der Waals surface area contributed by atoms with Crippen molar-refractivity contribution in [3.63, 3.8) is 0 Å². The van der Waals surface area contributed by atoms with Crippen LogP contribution in [-0.4, -0.2) is 16.3 Å². The molecule has 1 heterocycles.